The van der Waals surface area contributed by atoms with Crippen LogP contribution in [0.25, 0.3) is 0 Å². The molecule has 0 saturated heterocycles. The second-order valence-electron chi connectivity index (χ2n) is 10.1. The van der Waals surface area contributed by atoms with E-state index < -0.39 is 0 Å². The zero-order valence-electron chi connectivity index (χ0n) is 22.5. The zero-order valence-corrected chi connectivity index (χ0v) is 24.0. The van der Waals surface area contributed by atoms with Gasteiger partial charge in [-0.2, -0.15) is 0 Å². The summed E-state index contributed by atoms with van der Waals surface area (Å²) in [4.78, 5) is 31.6. The third-order valence-electron chi connectivity index (χ3n) is 7.16. The molecule has 0 saturated carbocycles. The number of halogens is 2. The molecule has 0 fully saturated rings. The molecule has 10 heteroatoms. The summed E-state index contributed by atoms with van der Waals surface area (Å²) in [5.74, 6) is 0.596. The molecule has 208 valence electrons. The van der Waals surface area contributed by atoms with Crippen molar-refractivity contribution in [1.82, 2.24) is 35.5 Å². The normalized spacial score (nSPS) is 14.8. The summed E-state index contributed by atoms with van der Waals surface area (Å²) in [7, 11) is 0. The highest BCUT2D eigenvalue weighted by atomic mass is 35.5. The topological polar surface area (TPSA) is 98.8 Å². The van der Waals surface area contributed by atoms with Gasteiger partial charge < -0.3 is 15.6 Å². The lowest BCUT2D eigenvalue weighted by atomic mass is 9.90. The summed E-state index contributed by atoms with van der Waals surface area (Å²) < 4.78 is 0. The summed E-state index contributed by atoms with van der Waals surface area (Å²) in [6.07, 6.45) is 9.91. The maximum absolute atomic E-state index is 12.8. The molecule has 1 aliphatic rings. The molecule has 8 nitrogen and oxygen atoms in total. The monoisotopic (exact) mass is 577 g/mol. The fourth-order valence-electron chi connectivity index (χ4n) is 5.26. The van der Waals surface area contributed by atoms with Crippen LogP contribution in [-0.2, 0) is 26.1 Å². The van der Waals surface area contributed by atoms with Crippen LogP contribution in [0.4, 0.5) is 0 Å². The highest BCUT2D eigenvalue weighted by Gasteiger charge is 2.27. The average Bonchev–Trinajstić information content (AvgIpc) is 3.38. The lowest BCUT2D eigenvalue weighted by molar-refractivity contribution is 0.0951. The number of nitrogens with one attached hydrogen (secondary N) is 3. The van der Waals surface area contributed by atoms with Crippen molar-refractivity contribution in [3.8, 4) is 0 Å². The Morgan fingerprint density at radius 3 is 2.70 bits per heavy atom. The first-order valence-electron chi connectivity index (χ1n) is 13.5. The second kappa shape index (κ2) is 13.4. The lowest BCUT2D eigenvalue weighted by Gasteiger charge is -2.35. The van der Waals surface area contributed by atoms with E-state index in [-0.39, 0.29) is 27.6 Å². The van der Waals surface area contributed by atoms with Crippen LogP contribution >= 0.6 is 23.2 Å². The molecule has 5 rings (SSSR count). The van der Waals surface area contributed by atoms with Gasteiger partial charge >= 0.3 is 0 Å². The summed E-state index contributed by atoms with van der Waals surface area (Å²) in [6, 6.07) is 12.8. The van der Waals surface area contributed by atoms with Gasteiger partial charge in [0.1, 0.15) is 5.82 Å². The summed E-state index contributed by atoms with van der Waals surface area (Å²) in [6.45, 7) is 5.54. The highest BCUT2D eigenvalue weighted by Crippen LogP contribution is 2.33. The van der Waals surface area contributed by atoms with Crippen molar-refractivity contribution in [3.05, 3.63) is 111 Å². The molecule has 1 unspecified atom stereocenters. The maximum Gasteiger partial charge on any atom is 0.254 e. The molecule has 0 aliphatic heterocycles. The largest absolute Gasteiger partial charge is 0.348 e. The Hall–Kier alpha value is -3.30. The Morgan fingerprint density at radius 1 is 1.07 bits per heavy atom. The summed E-state index contributed by atoms with van der Waals surface area (Å²) in [5.41, 5.74) is 6.03. The van der Waals surface area contributed by atoms with Crippen LogP contribution in [0.15, 0.2) is 61.2 Å². The number of amides is 1. The van der Waals surface area contributed by atoms with E-state index in [2.05, 4.69) is 48.7 Å². The molecule has 1 amide bonds. The molecule has 0 spiro atoms. The van der Waals surface area contributed by atoms with Crippen LogP contribution in [-0.4, -0.2) is 43.8 Å². The van der Waals surface area contributed by atoms with Gasteiger partial charge in [-0.05, 0) is 48.9 Å². The minimum atomic E-state index is -0.326. The van der Waals surface area contributed by atoms with Crippen molar-refractivity contribution >= 4 is 29.1 Å². The van der Waals surface area contributed by atoms with Crippen LogP contribution in [0.2, 0.25) is 10.0 Å². The van der Waals surface area contributed by atoms with Crippen molar-refractivity contribution in [2.45, 2.75) is 51.9 Å². The van der Waals surface area contributed by atoms with Crippen LogP contribution in [0.5, 0.6) is 0 Å². The van der Waals surface area contributed by atoms with Gasteiger partial charge in [0.05, 0.1) is 27.3 Å². The lowest BCUT2D eigenvalue weighted by Crippen LogP contribution is -2.36. The molecular formula is C30H33Cl2N7O. The van der Waals surface area contributed by atoms with Gasteiger partial charge in [-0.3, -0.25) is 19.7 Å². The van der Waals surface area contributed by atoms with Crippen molar-refractivity contribution in [1.29, 1.82) is 0 Å². The van der Waals surface area contributed by atoms with Gasteiger partial charge in [0.15, 0.2) is 0 Å². The van der Waals surface area contributed by atoms with Crippen LogP contribution in [0, 0.1) is 6.92 Å². The average molecular weight is 579 g/mol. The minimum Gasteiger partial charge on any atom is -0.348 e. The number of rotatable bonds is 11. The van der Waals surface area contributed by atoms with Gasteiger partial charge in [0, 0.05) is 63.2 Å². The molecule has 40 heavy (non-hydrogen) atoms. The quantitative estimate of drug-likeness (QED) is 0.206. The number of nitrogens with zero attached hydrogens (tertiary/aromatic N) is 4. The van der Waals surface area contributed by atoms with Gasteiger partial charge in [-0.1, -0.05) is 53.5 Å². The van der Waals surface area contributed by atoms with E-state index in [1.54, 1.807) is 0 Å². The first-order valence-corrected chi connectivity index (χ1v) is 14.3. The van der Waals surface area contributed by atoms with Crippen LogP contribution in [0.1, 0.15) is 63.1 Å². The van der Waals surface area contributed by atoms with E-state index >= 15 is 0 Å². The van der Waals surface area contributed by atoms with E-state index in [0.717, 1.165) is 62.5 Å². The van der Waals surface area contributed by atoms with Crippen LogP contribution in [0.3, 0.4) is 0 Å². The number of aromatic nitrogens is 4. The van der Waals surface area contributed by atoms with Crippen molar-refractivity contribution in [2.75, 3.05) is 13.1 Å². The fourth-order valence-corrected chi connectivity index (χ4v) is 5.80. The molecular weight excluding hydrogens is 545 g/mol. The second-order valence-corrected chi connectivity index (χ2v) is 10.9. The van der Waals surface area contributed by atoms with E-state index in [9.17, 15) is 4.79 Å². The third kappa shape index (κ3) is 7.06. The maximum atomic E-state index is 12.8. The van der Waals surface area contributed by atoms with E-state index in [0.29, 0.717) is 6.54 Å². The Labute approximate surface area is 244 Å². The van der Waals surface area contributed by atoms with Crippen molar-refractivity contribution < 1.29 is 4.79 Å². The Balaban J connectivity index is 1.27. The van der Waals surface area contributed by atoms with Crippen LogP contribution < -0.4 is 10.6 Å². The zero-order chi connectivity index (χ0) is 27.9. The molecule has 0 radical (unpaired) electrons. The number of hydrogen-bond acceptors (Lipinski definition) is 6. The van der Waals surface area contributed by atoms with E-state index in [4.69, 9.17) is 28.2 Å². The first-order chi connectivity index (χ1) is 19.5. The third-order valence-corrected chi connectivity index (χ3v) is 7.74. The molecule has 1 aliphatic carbocycles. The number of carbonyl (C=O) groups is 1. The van der Waals surface area contributed by atoms with Gasteiger partial charge in [-0.25, -0.2) is 4.98 Å². The standard InChI is InChI=1S/C30H33Cl2N7O/c1-20-36-16-24(38-20)15-33-11-12-39(27-9-3-7-23-8-4-10-35-29(23)27)19-22-6-2-5-21(13-22)14-37-30(40)28-25(31)17-34-18-26(28)32/h2,4-6,8,10,13,16-18,27,33H,3,7,9,11-12,14-15,19H2,1H3,(H,36,38)(H,37,40). The predicted octanol–water partition coefficient (Wildman–Crippen LogP) is 5.41. The summed E-state index contributed by atoms with van der Waals surface area (Å²) in [5, 5.41) is 6.95. The molecule has 4 aromatic rings. The van der Waals surface area contributed by atoms with E-state index in [1.165, 1.54) is 29.2 Å². The predicted molar refractivity (Wildman–Crippen MR) is 157 cm³/mol. The number of fused-ring (bicyclic) bond motifs is 1. The number of benzene rings is 1. The highest BCUT2D eigenvalue weighted by molar-refractivity contribution is 6.39. The van der Waals surface area contributed by atoms with Crippen molar-refractivity contribution in [3.63, 3.8) is 0 Å². The number of carbonyl (C=O) groups excluding carboxylic acids is 1. The number of pyridine rings is 2. The Morgan fingerprint density at radius 2 is 1.90 bits per heavy atom. The first kappa shape index (κ1) is 28.2. The number of aromatic amines is 1. The smallest absolute Gasteiger partial charge is 0.254 e. The minimum absolute atomic E-state index is 0.229. The molecule has 3 aromatic heterocycles. The number of imidazole rings is 1. The number of aryl methyl sites for hydroxylation is 2. The van der Waals surface area contributed by atoms with E-state index in [1.807, 2.05) is 37.5 Å². The molecule has 3 heterocycles. The van der Waals surface area contributed by atoms with Gasteiger partial charge in [-0.15, -0.1) is 0 Å². The Kier molecular flexibility index (Phi) is 9.44. The SMILES string of the molecule is Cc1ncc(CNCCN(Cc2cccc(CNC(=O)c3c(Cl)cncc3Cl)c2)C2CCCc3cccnc32)[nH]1. The van der Waals surface area contributed by atoms with Gasteiger partial charge in [0.2, 0.25) is 0 Å². The Bertz CT molecular complexity index is 1440. The van der Waals surface area contributed by atoms with Crippen molar-refractivity contribution in [2.24, 2.45) is 0 Å². The fraction of sp³-hybridized carbons (Fsp3) is 0.333. The molecule has 0 bridgehead atoms. The number of H-pyrrole nitrogens is 1. The summed E-state index contributed by atoms with van der Waals surface area (Å²) >= 11 is 12.3. The molecule has 1 aromatic carbocycles. The number of hydrogen-bond donors (Lipinski definition) is 3. The molecule has 1 atom stereocenters. The van der Waals surface area contributed by atoms with Gasteiger partial charge in [0.25, 0.3) is 5.91 Å². The molecule has 3 N–H and O–H groups in total.